The Morgan fingerprint density at radius 1 is 0.920 bits per heavy atom. The molecule has 0 radical (unpaired) electrons. The van der Waals surface area contributed by atoms with Crippen molar-refractivity contribution in [2.24, 2.45) is 5.16 Å². The number of carbonyl (C=O) groups is 2. The number of carboxylic acids is 1. The molecule has 130 valence electrons. The molecule has 1 amide bonds. The van der Waals surface area contributed by atoms with Crippen LogP contribution in [0.3, 0.4) is 0 Å². The fraction of sp³-hybridized carbons (Fsp3) is 0.211. The molecule has 0 saturated carbocycles. The molecule has 0 aromatic heterocycles. The summed E-state index contributed by atoms with van der Waals surface area (Å²) in [6, 6.07) is 16.5. The van der Waals surface area contributed by atoms with Crippen molar-refractivity contribution in [3.05, 3.63) is 65.7 Å². The Labute approximate surface area is 145 Å². The Morgan fingerprint density at radius 3 is 2.20 bits per heavy atom. The van der Waals surface area contributed by atoms with Crippen molar-refractivity contribution in [1.29, 1.82) is 0 Å². The van der Waals surface area contributed by atoms with Gasteiger partial charge in [-0.3, -0.25) is 9.59 Å². The van der Waals surface area contributed by atoms with Crippen LogP contribution in [0.1, 0.15) is 30.4 Å². The number of nitrogens with one attached hydrogen (secondary N) is 1. The van der Waals surface area contributed by atoms with Crippen molar-refractivity contribution in [1.82, 2.24) is 0 Å². The van der Waals surface area contributed by atoms with E-state index in [9.17, 15) is 9.59 Å². The highest BCUT2D eigenvalue weighted by atomic mass is 16.4. The molecule has 0 saturated heterocycles. The van der Waals surface area contributed by atoms with E-state index in [2.05, 4.69) is 10.5 Å². The van der Waals surface area contributed by atoms with Gasteiger partial charge < -0.3 is 15.6 Å². The van der Waals surface area contributed by atoms with Crippen LogP contribution < -0.4 is 5.32 Å². The van der Waals surface area contributed by atoms with Gasteiger partial charge in [0, 0.05) is 18.5 Å². The largest absolute Gasteiger partial charge is 0.481 e. The van der Waals surface area contributed by atoms with Crippen LogP contribution >= 0.6 is 0 Å². The minimum Gasteiger partial charge on any atom is -0.481 e. The second kappa shape index (κ2) is 9.22. The topological polar surface area (TPSA) is 99.0 Å². The number of anilines is 1. The van der Waals surface area contributed by atoms with Crippen LogP contribution in [0.4, 0.5) is 5.69 Å². The summed E-state index contributed by atoms with van der Waals surface area (Å²) in [5.41, 5.74) is 2.66. The average molecular weight is 340 g/mol. The van der Waals surface area contributed by atoms with Gasteiger partial charge in [0.15, 0.2) is 0 Å². The number of aliphatic carboxylic acids is 1. The molecule has 0 spiro atoms. The third-order valence-corrected chi connectivity index (χ3v) is 3.68. The second-order valence-corrected chi connectivity index (χ2v) is 5.55. The summed E-state index contributed by atoms with van der Waals surface area (Å²) >= 11 is 0. The lowest BCUT2D eigenvalue weighted by atomic mass is 10.1. The molecule has 6 nitrogen and oxygen atoms in total. The van der Waals surface area contributed by atoms with Crippen LogP contribution in [0.25, 0.3) is 0 Å². The SMILES string of the molecule is O=C(O)CCC(=NO)c1ccc(NC(=O)CCc2ccccc2)cc1. The quantitative estimate of drug-likeness (QED) is 0.390. The molecule has 2 aromatic carbocycles. The van der Waals surface area contributed by atoms with Crippen LogP contribution in [0.15, 0.2) is 59.8 Å². The number of hydrogen-bond donors (Lipinski definition) is 3. The first-order chi connectivity index (χ1) is 12.1. The Morgan fingerprint density at radius 2 is 1.60 bits per heavy atom. The lowest BCUT2D eigenvalue weighted by Gasteiger charge is -2.07. The fourth-order valence-corrected chi connectivity index (χ4v) is 2.35. The zero-order valence-electron chi connectivity index (χ0n) is 13.7. The van der Waals surface area contributed by atoms with Crippen LogP contribution in [0.2, 0.25) is 0 Å². The summed E-state index contributed by atoms with van der Waals surface area (Å²) in [5, 5.41) is 23.7. The molecule has 2 aromatic rings. The predicted molar refractivity (Wildman–Crippen MR) is 95.0 cm³/mol. The molecule has 3 N–H and O–H groups in total. The lowest BCUT2D eigenvalue weighted by Crippen LogP contribution is -2.12. The van der Waals surface area contributed by atoms with E-state index in [1.54, 1.807) is 24.3 Å². The van der Waals surface area contributed by atoms with Gasteiger partial charge in [0.2, 0.25) is 5.91 Å². The van der Waals surface area contributed by atoms with E-state index in [0.717, 1.165) is 5.56 Å². The summed E-state index contributed by atoms with van der Waals surface area (Å²) < 4.78 is 0. The van der Waals surface area contributed by atoms with Gasteiger partial charge in [-0.25, -0.2) is 0 Å². The Bertz CT molecular complexity index is 740. The Kier molecular flexibility index (Phi) is 6.71. The molecule has 0 heterocycles. The highest BCUT2D eigenvalue weighted by Crippen LogP contribution is 2.13. The molecule has 0 fully saturated rings. The standard InChI is InChI=1S/C19H20N2O4/c22-18(12-6-14-4-2-1-3-5-14)20-16-9-7-15(8-10-16)17(21-25)11-13-19(23)24/h1-5,7-10,25H,6,11-13H2,(H,20,22)(H,23,24). The molecule has 0 aliphatic carbocycles. The van der Waals surface area contributed by atoms with Crippen LogP contribution in [0.5, 0.6) is 0 Å². The summed E-state index contributed by atoms with van der Waals surface area (Å²) in [7, 11) is 0. The smallest absolute Gasteiger partial charge is 0.303 e. The van der Waals surface area contributed by atoms with E-state index in [1.165, 1.54) is 0 Å². The van der Waals surface area contributed by atoms with Gasteiger partial charge in [-0.2, -0.15) is 0 Å². The van der Waals surface area contributed by atoms with Gasteiger partial charge in [-0.1, -0.05) is 47.6 Å². The lowest BCUT2D eigenvalue weighted by molar-refractivity contribution is -0.136. The van der Waals surface area contributed by atoms with Crippen molar-refractivity contribution in [2.45, 2.75) is 25.7 Å². The number of aryl methyl sites for hydroxylation is 1. The molecule has 0 aliphatic rings. The number of rotatable bonds is 8. The first-order valence-corrected chi connectivity index (χ1v) is 7.95. The molecular weight excluding hydrogens is 320 g/mol. The molecule has 6 heteroatoms. The van der Waals surface area contributed by atoms with E-state index >= 15 is 0 Å². The van der Waals surface area contributed by atoms with Crippen molar-refractivity contribution >= 4 is 23.3 Å². The van der Waals surface area contributed by atoms with E-state index < -0.39 is 5.97 Å². The normalized spacial score (nSPS) is 11.1. The number of carboxylic acid groups (broad SMARTS) is 1. The minimum atomic E-state index is -0.955. The summed E-state index contributed by atoms with van der Waals surface area (Å²) in [6.45, 7) is 0. The highest BCUT2D eigenvalue weighted by molar-refractivity contribution is 6.01. The van der Waals surface area contributed by atoms with Gasteiger partial charge in [0.05, 0.1) is 12.1 Å². The number of hydrogen-bond acceptors (Lipinski definition) is 4. The minimum absolute atomic E-state index is 0.0847. The van der Waals surface area contributed by atoms with E-state index in [4.69, 9.17) is 10.3 Å². The average Bonchev–Trinajstić information content (AvgIpc) is 2.62. The summed E-state index contributed by atoms with van der Waals surface area (Å²) in [4.78, 5) is 22.6. The molecule has 0 unspecified atom stereocenters. The van der Waals surface area contributed by atoms with E-state index in [0.29, 0.717) is 29.8 Å². The molecule has 0 bridgehead atoms. The summed E-state index contributed by atoms with van der Waals surface area (Å²) in [5.74, 6) is -1.04. The molecule has 25 heavy (non-hydrogen) atoms. The first kappa shape index (κ1) is 18.2. The van der Waals surface area contributed by atoms with Crippen molar-refractivity contribution in [3.8, 4) is 0 Å². The van der Waals surface area contributed by atoms with Crippen molar-refractivity contribution in [2.75, 3.05) is 5.32 Å². The van der Waals surface area contributed by atoms with Crippen molar-refractivity contribution in [3.63, 3.8) is 0 Å². The molecule has 2 rings (SSSR count). The maximum absolute atomic E-state index is 12.0. The van der Waals surface area contributed by atoms with Gasteiger partial charge >= 0.3 is 5.97 Å². The van der Waals surface area contributed by atoms with Gasteiger partial charge in [0.1, 0.15) is 0 Å². The van der Waals surface area contributed by atoms with Crippen LogP contribution in [-0.4, -0.2) is 27.9 Å². The van der Waals surface area contributed by atoms with Crippen molar-refractivity contribution < 1.29 is 19.9 Å². The van der Waals surface area contributed by atoms with Gasteiger partial charge in [-0.15, -0.1) is 0 Å². The maximum Gasteiger partial charge on any atom is 0.303 e. The molecule has 0 aliphatic heterocycles. The zero-order chi connectivity index (χ0) is 18.1. The Hall–Kier alpha value is -3.15. The third-order valence-electron chi connectivity index (χ3n) is 3.68. The van der Waals surface area contributed by atoms with Crippen LogP contribution in [-0.2, 0) is 16.0 Å². The first-order valence-electron chi connectivity index (χ1n) is 7.95. The number of oxime groups is 1. The van der Waals surface area contributed by atoms with Crippen LogP contribution in [0, 0.1) is 0 Å². The van der Waals surface area contributed by atoms with Gasteiger partial charge in [0.25, 0.3) is 0 Å². The van der Waals surface area contributed by atoms with Gasteiger partial charge in [-0.05, 0) is 29.7 Å². The predicted octanol–water partition coefficient (Wildman–Crippen LogP) is 3.30. The third kappa shape index (κ3) is 6.10. The Balaban J connectivity index is 1.88. The number of amides is 1. The summed E-state index contributed by atoms with van der Waals surface area (Å²) in [6.07, 6.45) is 1.07. The number of benzene rings is 2. The number of nitrogens with zero attached hydrogens (tertiary/aromatic N) is 1. The molecule has 0 atom stereocenters. The van der Waals surface area contributed by atoms with E-state index in [-0.39, 0.29) is 18.7 Å². The highest BCUT2D eigenvalue weighted by Gasteiger charge is 2.08. The zero-order valence-corrected chi connectivity index (χ0v) is 13.7. The monoisotopic (exact) mass is 340 g/mol. The number of carbonyl (C=O) groups excluding carboxylic acids is 1. The second-order valence-electron chi connectivity index (χ2n) is 5.55. The maximum atomic E-state index is 12.0. The molecular formula is C19H20N2O4. The fourth-order valence-electron chi connectivity index (χ4n) is 2.35. The van der Waals surface area contributed by atoms with E-state index in [1.807, 2.05) is 30.3 Å².